The van der Waals surface area contributed by atoms with Crippen LogP contribution >= 0.6 is 0 Å². The standard InChI is InChI=1S/C21H24N4O4S/c1-13(2)29-17-8-15(10-22-11-17)14-4-5-19-18(9-14)20(24-25(19)3)21(26)23-16-6-7-30(27,28)12-16/h4-5,8-11,13,16H,6-7,12H2,1-3H3,(H,23,26). The third-order valence-corrected chi connectivity index (χ3v) is 6.82. The van der Waals surface area contributed by atoms with Gasteiger partial charge >= 0.3 is 0 Å². The number of fused-ring (bicyclic) bond motifs is 1. The Kier molecular flexibility index (Phi) is 5.23. The molecule has 1 amide bonds. The number of hydrogen-bond donors (Lipinski definition) is 1. The normalized spacial score (nSPS) is 18.1. The zero-order valence-corrected chi connectivity index (χ0v) is 17.9. The molecule has 1 aliphatic heterocycles. The first-order valence-corrected chi connectivity index (χ1v) is 11.6. The van der Waals surface area contributed by atoms with Gasteiger partial charge in [0.05, 0.1) is 29.3 Å². The van der Waals surface area contributed by atoms with Gasteiger partial charge in [0, 0.05) is 30.2 Å². The number of aryl methyl sites for hydroxylation is 1. The Bertz CT molecular complexity index is 1220. The van der Waals surface area contributed by atoms with Crippen molar-refractivity contribution in [2.45, 2.75) is 32.4 Å². The molecule has 2 aromatic heterocycles. The van der Waals surface area contributed by atoms with Crippen molar-refractivity contribution in [3.63, 3.8) is 0 Å². The lowest BCUT2D eigenvalue weighted by atomic mass is 10.0. The lowest BCUT2D eigenvalue weighted by molar-refractivity contribution is 0.0937. The van der Waals surface area contributed by atoms with Crippen molar-refractivity contribution < 1.29 is 17.9 Å². The Morgan fingerprint density at radius 3 is 2.73 bits per heavy atom. The number of rotatable bonds is 5. The molecule has 30 heavy (non-hydrogen) atoms. The van der Waals surface area contributed by atoms with Gasteiger partial charge in [0.2, 0.25) is 0 Å². The fourth-order valence-corrected chi connectivity index (χ4v) is 5.36. The van der Waals surface area contributed by atoms with Crippen LogP contribution in [0.3, 0.4) is 0 Å². The van der Waals surface area contributed by atoms with Crippen LogP contribution in [0, 0.1) is 0 Å². The maximum absolute atomic E-state index is 12.8. The summed E-state index contributed by atoms with van der Waals surface area (Å²) < 4.78 is 30.7. The molecule has 1 saturated heterocycles. The van der Waals surface area contributed by atoms with Gasteiger partial charge in [-0.2, -0.15) is 5.10 Å². The van der Waals surface area contributed by atoms with Crippen LogP contribution in [0.15, 0.2) is 36.7 Å². The largest absolute Gasteiger partial charge is 0.489 e. The van der Waals surface area contributed by atoms with Gasteiger partial charge < -0.3 is 10.1 Å². The molecule has 1 atom stereocenters. The smallest absolute Gasteiger partial charge is 0.272 e. The highest BCUT2D eigenvalue weighted by molar-refractivity contribution is 7.91. The molecule has 1 unspecified atom stereocenters. The highest BCUT2D eigenvalue weighted by Crippen LogP contribution is 2.28. The minimum absolute atomic E-state index is 0.0247. The number of hydrogen-bond acceptors (Lipinski definition) is 6. The summed E-state index contributed by atoms with van der Waals surface area (Å²) in [6.45, 7) is 3.91. The summed E-state index contributed by atoms with van der Waals surface area (Å²) in [7, 11) is -1.30. The summed E-state index contributed by atoms with van der Waals surface area (Å²) in [4.78, 5) is 17.1. The minimum atomic E-state index is -3.08. The molecule has 3 aromatic rings. The van der Waals surface area contributed by atoms with Crippen molar-refractivity contribution in [2.75, 3.05) is 11.5 Å². The van der Waals surface area contributed by atoms with Gasteiger partial charge in [-0.25, -0.2) is 8.42 Å². The van der Waals surface area contributed by atoms with Gasteiger partial charge in [-0.05, 0) is 44.0 Å². The lowest BCUT2D eigenvalue weighted by Gasteiger charge is -2.11. The van der Waals surface area contributed by atoms with E-state index in [0.29, 0.717) is 17.6 Å². The molecule has 0 radical (unpaired) electrons. The van der Waals surface area contributed by atoms with E-state index < -0.39 is 9.84 Å². The predicted molar refractivity (Wildman–Crippen MR) is 114 cm³/mol. The van der Waals surface area contributed by atoms with Crippen LogP contribution in [0.5, 0.6) is 5.75 Å². The molecule has 9 heteroatoms. The molecule has 0 bridgehead atoms. The number of aromatic nitrogens is 3. The van der Waals surface area contributed by atoms with E-state index in [0.717, 1.165) is 16.6 Å². The zero-order chi connectivity index (χ0) is 21.5. The Hall–Kier alpha value is -2.94. The summed E-state index contributed by atoms with van der Waals surface area (Å²) in [5.74, 6) is 0.389. The third-order valence-electron chi connectivity index (χ3n) is 5.05. The van der Waals surface area contributed by atoms with Crippen molar-refractivity contribution >= 4 is 26.6 Å². The summed E-state index contributed by atoms with van der Waals surface area (Å²) in [6, 6.07) is 7.29. The molecule has 1 fully saturated rings. The fourth-order valence-electron chi connectivity index (χ4n) is 3.69. The molecular formula is C21H24N4O4S. The molecule has 1 aromatic carbocycles. The van der Waals surface area contributed by atoms with Gasteiger partial charge in [0.15, 0.2) is 15.5 Å². The summed E-state index contributed by atoms with van der Waals surface area (Å²) >= 11 is 0. The average molecular weight is 429 g/mol. The van der Waals surface area contributed by atoms with Gasteiger partial charge in [0.1, 0.15) is 5.75 Å². The summed E-state index contributed by atoms with van der Waals surface area (Å²) in [6.07, 6.45) is 3.88. The van der Waals surface area contributed by atoms with E-state index in [1.807, 2.05) is 38.1 Å². The molecule has 0 aliphatic carbocycles. The highest BCUT2D eigenvalue weighted by atomic mass is 32.2. The first-order chi connectivity index (χ1) is 14.2. The molecule has 0 spiro atoms. The second kappa shape index (κ2) is 7.71. The predicted octanol–water partition coefficient (Wildman–Crippen LogP) is 2.34. The molecular weight excluding hydrogens is 404 g/mol. The third kappa shape index (κ3) is 4.16. The summed E-state index contributed by atoms with van der Waals surface area (Å²) in [5, 5.41) is 7.89. The summed E-state index contributed by atoms with van der Waals surface area (Å²) in [5.41, 5.74) is 2.84. The van der Waals surface area contributed by atoms with Crippen LogP contribution in [0.2, 0.25) is 0 Å². The van der Waals surface area contributed by atoms with Gasteiger partial charge in [-0.3, -0.25) is 14.5 Å². The number of nitrogens with zero attached hydrogens (tertiary/aromatic N) is 3. The monoisotopic (exact) mass is 428 g/mol. The molecule has 8 nitrogen and oxygen atoms in total. The van der Waals surface area contributed by atoms with Crippen LogP contribution in [0.1, 0.15) is 30.8 Å². The molecule has 4 rings (SSSR count). The van der Waals surface area contributed by atoms with E-state index >= 15 is 0 Å². The SMILES string of the molecule is CC(C)Oc1cncc(-c2ccc3c(c2)c(C(=O)NC2CCS(=O)(=O)C2)nn3C)c1. The highest BCUT2D eigenvalue weighted by Gasteiger charge is 2.30. The van der Waals surface area contributed by atoms with Crippen LogP contribution in [-0.2, 0) is 16.9 Å². The number of sulfone groups is 1. The lowest BCUT2D eigenvalue weighted by Crippen LogP contribution is -2.35. The van der Waals surface area contributed by atoms with Crippen LogP contribution in [0.25, 0.3) is 22.0 Å². The van der Waals surface area contributed by atoms with Crippen molar-refractivity contribution in [3.05, 3.63) is 42.4 Å². The number of benzene rings is 1. The molecule has 3 heterocycles. The van der Waals surface area contributed by atoms with Crippen LogP contribution in [-0.4, -0.2) is 52.7 Å². The van der Waals surface area contributed by atoms with Gasteiger partial charge in [-0.1, -0.05) is 6.07 Å². The Labute approximate surface area is 175 Å². The van der Waals surface area contributed by atoms with Crippen molar-refractivity contribution in [1.29, 1.82) is 0 Å². The minimum Gasteiger partial charge on any atom is -0.489 e. The first kappa shape index (κ1) is 20.3. The van der Waals surface area contributed by atoms with Crippen molar-refractivity contribution in [2.24, 2.45) is 7.05 Å². The molecule has 1 N–H and O–H groups in total. The average Bonchev–Trinajstić information content (AvgIpc) is 3.20. The Balaban J connectivity index is 1.67. The van der Waals surface area contributed by atoms with Crippen molar-refractivity contribution in [3.8, 4) is 16.9 Å². The quantitative estimate of drug-likeness (QED) is 0.669. The van der Waals surface area contributed by atoms with Gasteiger partial charge in [-0.15, -0.1) is 0 Å². The second-order valence-corrected chi connectivity index (χ2v) is 10.1. The molecule has 0 saturated carbocycles. The van der Waals surface area contributed by atoms with Crippen LogP contribution < -0.4 is 10.1 Å². The van der Waals surface area contributed by atoms with E-state index in [1.165, 1.54) is 0 Å². The zero-order valence-electron chi connectivity index (χ0n) is 17.1. The number of nitrogens with one attached hydrogen (secondary N) is 1. The molecule has 1 aliphatic rings. The van der Waals surface area contributed by atoms with Gasteiger partial charge in [0.25, 0.3) is 5.91 Å². The Morgan fingerprint density at radius 1 is 1.23 bits per heavy atom. The number of carbonyl (C=O) groups excluding carboxylic acids is 1. The molecule has 158 valence electrons. The number of carbonyl (C=O) groups is 1. The number of pyridine rings is 1. The maximum Gasteiger partial charge on any atom is 0.272 e. The Morgan fingerprint density at radius 2 is 2.03 bits per heavy atom. The second-order valence-electron chi connectivity index (χ2n) is 7.85. The first-order valence-electron chi connectivity index (χ1n) is 9.82. The number of ether oxygens (including phenoxy) is 1. The fraction of sp³-hybridized carbons (Fsp3) is 0.381. The van der Waals surface area contributed by atoms with Crippen LogP contribution in [0.4, 0.5) is 0 Å². The van der Waals surface area contributed by atoms with E-state index in [2.05, 4.69) is 15.4 Å². The van der Waals surface area contributed by atoms with E-state index in [4.69, 9.17) is 4.74 Å². The number of amides is 1. The topological polar surface area (TPSA) is 103 Å². The maximum atomic E-state index is 12.8. The van der Waals surface area contributed by atoms with E-state index in [1.54, 1.807) is 24.1 Å². The van der Waals surface area contributed by atoms with E-state index in [9.17, 15) is 13.2 Å². The van der Waals surface area contributed by atoms with E-state index in [-0.39, 0.29) is 35.3 Å². The van der Waals surface area contributed by atoms with Crippen molar-refractivity contribution in [1.82, 2.24) is 20.1 Å².